The number of sulfone groups is 1. The molecule has 1 atom stereocenters. The van der Waals surface area contributed by atoms with E-state index in [0.29, 0.717) is 16.6 Å². The highest BCUT2D eigenvalue weighted by Crippen LogP contribution is 2.41. The van der Waals surface area contributed by atoms with Gasteiger partial charge < -0.3 is 21.6 Å². The molecule has 0 aliphatic carbocycles. The molecule has 0 amide bonds. The van der Waals surface area contributed by atoms with Gasteiger partial charge in [0.2, 0.25) is 15.8 Å². The first-order valence-corrected chi connectivity index (χ1v) is 12.4. The fraction of sp³-hybridized carbons (Fsp3) is 0.176. The van der Waals surface area contributed by atoms with E-state index in [1.54, 1.807) is 18.2 Å². The van der Waals surface area contributed by atoms with Crippen molar-refractivity contribution in [2.75, 3.05) is 18.9 Å². The highest BCUT2D eigenvalue weighted by atomic mass is 32.2. The summed E-state index contributed by atoms with van der Waals surface area (Å²) in [7, 11) is -9.11. The van der Waals surface area contributed by atoms with E-state index in [4.69, 9.17) is 16.6 Å². The van der Waals surface area contributed by atoms with E-state index in [1.165, 1.54) is 6.07 Å². The average Bonchev–Trinajstić information content (AvgIpc) is 3.41. The maximum atomic E-state index is 13.2. The summed E-state index contributed by atoms with van der Waals surface area (Å²) in [5.41, 5.74) is 12.6. The number of imidazole rings is 1. The minimum Gasteiger partial charge on any atom is -0.395 e. The van der Waals surface area contributed by atoms with Crippen molar-refractivity contribution in [2.45, 2.75) is 15.0 Å². The summed E-state index contributed by atoms with van der Waals surface area (Å²) in [5, 5.41) is 26.9. The molecule has 0 radical (unpaired) electrons. The third kappa shape index (κ3) is 3.83. The minimum absolute atomic E-state index is 0.123. The van der Waals surface area contributed by atoms with Gasteiger partial charge in [0.05, 0.1) is 28.1 Å². The Bertz CT molecular complexity index is 1540. The van der Waals surface area contributed by atoms with Crippen LogP contribution < -0.4 is 16.6 Å². The van der Waals surface area contributed by atoms with Crippen LogP contribution >= 0.6 is 0 Å². The van der Waals surface area contributed by atoms with E-state index in [-0.39, 0.29) is 22.9 Å². The molecule has 0 saturated heterocycles. The number of rotatable bonds is 7. The molecule has 9 N–H and O–H groups in total. The largest absolute Gasteiger partial charge is 0.395 e. The minimum atomic E-state index is -4.68. The van der Waals surface area contributed by atoms with Gasteiger partial charge >= 0.3 is 0 Å². The van der Waals surface area contributed by atoms with E-state index in [2.05, 4.69) is 30.6 Å². The maximum Gasteiger partial charge on any atom is 0.240 e. The van der Waals surface area contributed by atoms with Crippen LogP contribution in [0.25, 0.3) is 33.5 Å². The molecule has 4 aromatic rings. The Morgan fingerprint density at radius 3 is 2.45 bits per heavy atom. The number of tetrazole rings is 1. The number of hydrogen-bond acceptors (Lipinski definition) is 11. The summed E-state index contributed by atoms with van der Waals surface area (Å²) < 4.78 is 51.9. The van der Waals surface area contributed by atoms with Crippen LogP contribution in [0.15, 0.2) is 40.1 Å². The molecule has 0 saturated carbocycles. The van der Waals surface area contributed by atoms with Crippen molar-refractivity contribution < 1.29 is 21.9 Å². The number of nitrogens with one attached hydrogen (secondary N) is 2. The van der Waals surface area contributed by atoms with Crippen LogP contribution in [-0.2, 0) is 19.9 Å². The van der Waals surface area contributed by atoms with Crippen molar-refractivity contribution in [2.24, 2.45) is 10.9 Å². The molecule has 2 heterocycles. The summed E-state index contributed by atoms with van der Waals surface area (Å²) >= 11 is 0. The van der Waals surface area contributed by atoms with Gasteiger partial charge in [-0.3, -0.25) is 0 Å². The number of primary sulfonamides is 1. The van der Waals surface area contributed by atoms with Gasteiger partial charge in [0.15, 0.2) is 15.8 Å². The van der Waals surface area contributed by atoms with Crippen LogP contribution in [0.2, 0.25) is 0 Å². The van der Waals surface area contributed by atoms with Crippen molar-refractivity contribution >= 4 is 36.8 Å². The van der Waals surface area contributed by atoms with Crippen LogP contribution in [0.4, 0.5) is 5.95 Å². The highest BCUT2D eigenvalue weighted by Gasteiger charge is 2.36. The first kappa shape index (κ1) is 22.7. The molecule has 0 unspecified atom stereocenters. The zero-order valence-electron chi connectivity index (χ0n) is 16.8. The molecule has 14 nitrogen and oxygen atoms in total. The Labute approximate surface area is 187 Å². The third-order valence-corrected chi connectivity index (χ3v) is 8.30. The van der Waals surface area contributed by atoms with E-state index in [1.807, 2.05) is 0 Å². The Kier molecular flexibility index (Phi) is 5.62. The summed E-state index contributed by atoms with van der Waals surface area (Å²) in [6.07, 6.45) is 0. The van der Waals surface area contributed by atoms with Crippen LogP contribution in [0.3, 0.4) is 0 Å². The first-order chi connectivity index (χ1) is 15.6. The molecule has 0 aliphatic rings. The van der Waals surface area contributed by atoms with E-state index < -0.39 is 48.1 Å². The molecule has 0 spiro atoms. The summed E-state index contributed by atoms with van der Waals surface area (Å²) in [6.45, 7) is -1.28. The number of H-pyrrole nitrogens is 2. The van der Waals surface area contributed by atoms with Crippen LogP contribution in [0, 0.1) is 0 Å². The average molecular weight is 494 g/mol. The van der Waals surface area contributed by atoms with Crippen LogP contribution in [-0.4, -0.2) is 70.9 Å². The van der Waals surface area contributed by atoms with Gasteiger partial charge in [-0.1, -0.05) is 18.2 Å². The second-order valence-electron chi connectivity index (χ2n) is 7.00. The topological polar surface area (TPSA) is 250 Å². The number of aliphatic hydroxyl groups is 1. The predicted octanol–water partition coefficient (Wildman–Crippen LogP) is -1.27. The zero-order valence-corrected chi connectivity index (χ0v) is 18.4. The molecule has 33 heavy (non-hydrogen) atoms. The van der Waals surface area contributed by atoms with Crippen molar-refractivity contribution in [1.29, 1.82) is 0 Å². The van der Waals surface area contributed by atoms with Crippen molar-refractivity contribution in [3.05, 3.63) is 30.3 Å². The van der Waals surface area contributed by atoms with Gasteiger partial charge in [-0.05, 0) is 22.9 Å². The normalized spacial score (nSPS) is 13.4. The lowest BCUT2D eigenvalue weighted by molar-refractivity contribution is 0.291. The maximum absolute atomic E-state index is 13.2. The lowest BCUT2D eigenvalue weighted by Gasteiger charge is -2.19. The second-order valence-corrected chi connectivity index (χ2v) is 10.7. The summed E-state index contributed by atoms with van der Waals surface area (Å²) in [6, 6.07) is 7.48. The van der Waals surface area contributed by atoms with Crippen molar-refractivity contribution in [3.63, 3.8) is 0 Å². The molecule has 16 heteroatoms. The Morgan fingerprint density at radius 2 is 1.85 bits per heavy atom. The number of hydrogen-bond donors (Lipinski definition) is 6. The predicted molar refractivity (Wildman–Crippen MR) is 118 cm³/mol. The standard InChI is InChI=1S/C17H19N9O5S2/c18-6-8(7-27)32(28,29)12-5-4-9(10-2-1-3-11-14(10)22-17(19)21-11)13(15(12)33(20,30)31)16-23-25-26-24-16/h1-5,8,27H,6-7,18H2,(H3,19,21,22)(H2,20,30,31)(H,23,24,25,26)/t8-/m1/s1. The monoisotopic (exact) mass is 493 g/mol. The van der Waals surface area contributed by atoms with Gasteiger partial charge in [-0.2, -0.15) is 5.21 Å². The van der Waals surface area contributed by atoms with Gasteiger partial charge in [-0.25, -0.2) is 27.0 Å². The lowest BCUT2D eigenvalue weighted by Crippen LogP contribution is -2.34. The molecule has 2 aromatic heterocycles. The van der Waals surface area contributed by atoms with Crippen LogP contribution in [0.5, 0.6) is 0 Å². The molecule has 4 rings (SSSR count). The fourth-order valence-electron chi connectivity index (χ4n) is 3.53. The smallest absolute Gasteiger partial charge is 0.240 e. The van der Waals surface area contributed by atoms with Gasteiger partial charge in [-0.15, -0.1) is 10.2 Å². The highest BCUT2D eigenvalue weighted by molar-refractivity contribution is 7.94. The number of aromatic nitrogens is 6. The molecular formula is C17H19N9O5S2. The second kappa shape index (κ2) is 8.16. The van der Waals surface area contributed by atoms with Crippen molar-refractivity contribution in [3.8, 4) is 22.5 Å². The van der Waals surface area contributed by atoms with Gasteiger partial charge in [0.1, 0.15) is 10.1 Å². The Morgan fingerprint density at radius 1 is 1.09 bits per heavy atom. The number of benzene rings is 2. The van der Waals surface area contributed by atoms with Crippen LogP contribution in [0.1, 0.15) is 0 Å². The number of sulfonamides is 1. The lowest BCUT2D eigenvalue weighted by atomic mass is 9.98. The fourth-order valence-corrected chi connectivity index (χ4v) is 6.49. The number of para-hydroxylation sites is 1. The summed E-state index contributed by atoms with van der Waals surface area (Å²) in [5.74, 6) is -0.0990. The number of aromatic amines is 2. The SMILES string of the molecule is NC[C@H](CO)S(=O)(=O)c1ccc(-c2cccc3[nH]c(N)nc23)c(-c2nn[nH]n2)c1S(N)(=O)=O. The van der Waals surface area contributed by atoms with Gasteiger partial charge in [0, 0.05) is 12.1 Å². The van der Waals surface area contributed by atoms with Gasteiger partial charge in [0.25, 0.3) is 0 Å². The molecule has 0 bridgehead atoms. The Balaban J connectivity index is 2.17. The van der Waals surface area contributed by atoms with E-state index >= 15 is 0 Å². The molecule has 2 aromatic carbocycles. The number of nitrogens with zero attached hydrogens (tertiary/aromatic N) is 4. The molecule has 0 fully saturated rings. The number of aliphatic hydroxyl groups excluding tert-OH is 1. The first-order valence-electron chi connectivity index (χ1n) is 9.32. The number of nitrogen functional groups attached to an aromatic ring is 1. The molecular weight excluding hydrogens is 474 g/mol. The zero-order chi connectivity index (χ0) is 24.0. The summed E-state index contributed by atoms with van der Waals surface area (Å²) in [4.78, 5) is 5.71. The number of fused-ring (bicyclic) bond motifs is 1. The molecule has 0 aliphatic heterocycles. The number of nitrogens with two attached hydrogens (primary N) is 3. The third-order valence-electron chi connectivity index (χ3n) is 5.01. The molecule has 174 valence electrons. The quantitative estimate of drug-likeness (QED) is 0.177. The van der Waals surface area contributed by atoms with Crippen molar-refractivity contribution in [1.82, 2.24) is 30.6 Å². The number of anilines is 1. The van der Waals surface area contributed by atoms with E-state index in [9.17, 15) is 21.9 Å². The van der Waals surface area contributed by atoms with E-state index in [0.717, 1.165) is 6.07 Å². The Hall–Kier alpha value is -3.44.